The van der Waals surface area contributed by atoms with Gasteiger partial charge in [-0.25, -0.2) is 0 Å². The van der Waals surface area contributed by atoms with Gasteiger partial charge >= 0.3 is 0 Å². The standard InChI is InChI=1S/C14H27BrN2S/c1-10(2)11(3)16-13(17-14(4,5)6)8-12(15)9-18-7/h8,10-11H,9H2,1-7H3,(H,16,17)/b12-8+/t11-/m0/s1. The topological polar surface area (TPSA) is 24.4 Å². The Bertz CT molecular complexity index is 303. The molecule has 0 aromatic carbocycles. The van der Waals surface area contributed by atoms with Gasteiger partial charge in [0.1, 0.15) is 5.84 Å². The van der Waals surface area contributed by atoms with E-state index in [1.54, 1.807) is 11.8 Å². The van der Waals surface area contributed by atoms with Crippen molar-refractivity contribution in [2.45, 2.75) is 53.1 Å². The Labute approximate surface area is 125 Å². The predicted octanol–water partition coefficient (Wildman–Crippen LogP) is 4.46. The molecular formula is C14H27BrN2S. The predicted molar refractivity (Wildman–Crippen MR) is 90.0 cm³/mol. The summed E-state index contributed by atoms with van der Waals surface area (Å²) in [4.78, 5) is 4.77. The van der Waals surface area contributed by atoms with E-state index in [4.69, 9.17) is 4.99 Å². The summed E-state index contributed by atoms with van der Waals surface area (Å²) in [6, 6.07) is 0.320. The molecule has 2 nitrogen and oxygen atoms in total. The third kappa shape index (κ3) is 9.03. The van der Waals surface area contributed by atoms with Crippen molar-refractivity contribution in [2.24, 2.45) is 10.9 Å². The second-order valence-corrected chi connectivity index (χ2v) is 7.78. The lowest BCUT2D eigenvalue weighted by Crippen LogP contribution is -2.40. The fourth-order valence-electron chi connectivity index (χ4n) is 1.19. The summed E-state index contributed by atoms with van der Waals surface area (Å²) < 4.78 is 1.17. The first-order valence-electron chi connectivity index (χ1n) is 6.36. The first-order valence-corrected chi connectivity index (χ1v) is 8.55. The summed E-state index contributed by atoms with van der Waals surface area (Å²) in [5.74, 6) is 2.49. The van der Waals surface area contributed by atoms with E-state index >= 15 is 0 Å². The highest BCUT2D eigenvalue weighted by molar-refractivity contribution is 9.11. The third-order valence-corrected chi connectivity index (χ3v) is 3.87. The molecule has 0 amide bonds. The minimum atomic E-state index is 0.0265. The van der Waals surface area contributed by atoms with Crippen LogP contribution >= 0.6 is 27.7 Å². The van der Waals surface area contributed by atoms with E-state index < -0.39 is 0 Å². The van der Waals surface area contributed by atoms with Crippen LogP contribution < -0.4 is 5.32 Å². The quantitative estimate of drug-likeness (QED) is 0.592. The molecule has 1 N–H and O–H groups in total. The van der Waals surface area contributed by atoms with Crippen LogP contribution in [0.15, 0.2) is 15.6 Å². The summed E-state index contributed by atoms with van der Waals surface area (Å²) in [6.45, 7) is 13.0. The van der Waals surface area contributed by atoms with Gasteiger partial charge in [-0.1, -0.05) is 29.8 Å². The van der Waals surface area contributed by atoms with Crippen LogP contribution in [-0.2, 0) is 0 Å². The number of hydrogen-bond donors (Lipinski definition) is 1. The zero-order valence-electron chi connectivity index (χ0n) is 12.7. The summed E-state index contributed by atoms with van der Waals surface area (Å²) >= 11 is 5.39. The minimum absolute atomic E-state index is 0.0265. The molecule has 0 aliphatic rings. The van der Waals surface area contributed by atoms with E-state index in [-0.39, 0.29) is 5.54 Å². The molecule has 0 saturated carbocycles. The molecule has 0 unspecified atom stereocenters. The lowest BCUT2D eigenvalue weighted by molar-refractivity contribution is 0.497. The zero-order valence-corrected chi connectivity index (χ0v) is 15.1. The molecule has 0 saturated heterocycles. The van der Waals surface area contributed by atoms with Crippen LogP contribution in [0.1, 0.15) is 41.5 Å². The molecule has 106 valence electrons. The Morgan fingerprint density at radius 3 is 2.28 bits per heavy atom. The molecular weight excluding hydrogens is 308 g/mol. The van der Waals surface area contributed by atoms with E-state index in [1.807, 2.05) is 0 Å². The van der Waals surface area contributed by atoms with E-state index in [1.165, 1.54) is 4.48 Å². The minimum Gasteiger partial charge on any atom is -0.366 e. The number of nitrogens with one attached hydrogen (secondary N) is 1. The van der Waals surface area contributed by atoms with Crippen molar-refractivity contribution in [2.75, 3.05) is 12.0 Å². The van der Waals surface area contributed by atoms with Gasteiger partial charge in [0.25, 0.3) is 0 Å². The third-order valence-electron chi connectivity index (χ3n) is 2.39. The molecule has 0 radical (unpaired) electrons. The SMILES string of the molecule is CSC/C(Br)=C\C(=N[C@@H](C)C(C)C)NC(C)(C)C. The second-order valence-electron chi connectivity index (χ2n) is 5.90. The average molecular weight is 335 g/mol. The van der Waals surface area contributed by atoms with Gasteiger partial charge in [0, 0.05) is 15.8 Å². The molecule has 18 heavy (non-hydrogen) atoms. The maximum absolute atomic E-state index is 4.77. The number of halogens is 1. The molecule has 0 aliphatic carbocycles. The Hall–Kier alpha value is 0.0400. The van der Waals surface area contributed by atoms with Crippen LogP contribution in [0.25, 0.3) is 0 Å². The second kappa shape index (κ2) is 8.26. The lowest BCUT2D eigenvalue weighted by Gasteiger charge is -2.23. The van der Waals surface area contributed by atoms with Gasteiger partial charge in [0.15, 0.2) is 0 Å². The highest BCUT2D eigenvalue weighted by atomic mass is 79.9. The van der Waals surface area contributed by atoms with Crippen molar-refractivity contribution >= 4 is 33.5 Å². The summed E-state index contributed by atoms with van der Waals surface area (Å²) in [6.07, 6.45) is 4.19. The fraction of sp³-hybridized carbons (Fsp3) is 0.786. The zero-order chi connectivity index (χ0) is 14.3. The van der Waals surface area contributed by atoms with E-state index in [0.29, 0.717) is 12.0 Å². The molecule has 4 heteroatoms. The van der Waals surface area contributed by atoms with Crippen molar-refractivity contribution in [3.8, 4) is 0 Å². The highest BCUT2D eigenvalue weighted by Crippen LogP contribution is 2.13. The van der Waals surface area contributed by atoms with Crippen LogP contribution in [0, 0.1) is 5.92 Å². The van der Waals surface area contributed by atoms with Crippen LogP contribution in [0.3, 0.4) is 0 Å². The Kier molecular flexibility index (Phi) is 8.28. The van der Waals surface area contributed by atoms with Crippen LogP contribution in [0.4, 0.5) is 0 Å². The number of nitrogens with zero attached hydrogens (tertiary/aromatic N) is 1. The molecule has 0 aromatic heterocycles. The van der Waals surface area contributed by atoms with Gasteiger partial charge in [-0.3, -0.25) is 4.99 Å². The molecule has 0 aliphatic heterocycles. The van der Waals surface area contributed by atoms with Gasteiger partial charge in [-0.2, -0.15) is 11.8 Å². The molecule has 0 spiro atoms. The van der Waals surface area contributed by atoms with Crippen LogP contribution in [-0.4, -0.2) is 29.4 Å². The smallest absolute Gasteiger partial charge is 0.122 e. The Morgan fingerprint density at radius 2 is 1.89 bits per heavy atom. The van der Waals surface area contributed by atoms with Crippen LogP contribution in [0.5, 0.6) is 0 Å². The van der Waals surface area contributed by atoms with Crippen LogP contribution in [0.2, 0.25) is 0 Å². The van der Waals surface area contributed by atoms with Crippen molar-refractivity contribution in [3.05, 3.63) is 10.6 Å². The van der Waals surface area contributed by atoms with E-state index in [0.717, 1.165) is 11.6 Å². The molecule has 0 rings (SSSR count). The van der Waals surface area contributed by atoms with E-state index in [2.05, 4.69) is 75.1 Å². The molecule has 0 aromatic rings. The van der Waals surface area contributed by atoms with Crippen molar-refractivity contribution in [1.29, 1.82) is 0 Å². The summed E-state index contributed by atoms with van der Waals surface area (Å²) in [7, 11) is 0. The first kappa shape index (κ1) is 18.0. The molecule has 1 atom stereocenters. The largest absolute Gasteiger partial charge is 0.366 e. The highest BCUT2D eigenvalue weighted by Gasteiger charge is 2.13. The number of thioether (sulfide) groups is 1. The lowest BCUT2D eigenvalue weighted by atomic mass is 10.1. The number of aliphatic imine (C=N–C) groups is 1. The van der Waals surface area contributed by atoms with Crippen molar-refractivity contribution in [1.82, 2.24) is 5.32 Å². The molecule has 0 heterocycles. The number of amidine groups is 1. The number of hydrogen-bond acceptors (Lipinski definition) is 2. The normalized spacial score (nSPS) is 16.1. The monoisotopic (exact) mass is 334 g/mol. The maximum Gasteiger partial charge on any atom is 0.122 e. The van der Waals surface area contributed by atoms with Gasteiger partial charge < -0.3 is 5.32 Å². The molecule has 0 fully saturated rings. The van der Waals surface area contributed by atoms with Crippen molar-refractivity contribution < 1.29 is 0 Å². The average Bonchev–Trinajstić information content (AvgIpc) is 2.14. The van der Waals surface area contributed by atoms with Crippen molar-refractivity contribution in [3.63, 3.8) is 0 Å². The van der Waals surface area contributed by atoms with Gasteiger partial charge in [-0.15, -0.1) is 0 Å². The first-order chi connectivity index (χ1) is 8.15. The van der Waals surface area contributed by atoms with Gasteiger partial charge in [-0.05, 0) is 45.9 Å². The fourth-order valence-corrected chi connectivity index (χ4v) is 2.45. The van der Waals surface area contributed by atoms with Gasteiger partial charge in [0.05, 0.1) is 6.04 Å². The molecule has 0 bridgehead atoms. The summed E-state index contributed by atoms with van der Waals surface area (Å²) in [5, 5.41) is 3.47. The maximum atomic E-state index is 4.77. The Morgan fingerprint density at radius 1 is 1.33 bits per heavy atom. The van der Waals surface area contributed by atoms with E-state index in [9.17, 15) is 0 Å². The Balaban J connectivity index is 5.00. The van der Waals surface area contributed by atoms with Gasteiger partial charge in [0.2, 0.25) is 0 Å². The summed E-state index contributed by atoms with van der Waals surface area (Å²) in [5.41, 5.74) is 0.0265. The number of rotatable bonds is 5.